The van der Waals surface area contributed by atoms with Crippen LogP contribution in [-0.2, 0) is 6.54 Å². The summed E-state index contributed by atoms with van der Waals surface area (Å²) in [7, 11) is 0. The lowest BCUT2D eigenvalue weighted by Crippen LogP contribution is -2.29. The fourth-order valence-electron chi connectivity index (χ4n) is 3.92. The summed E-state index contributed by atoms with van der Waals surface area (Å²) in [4.78, 5) is 14.8. The Bertz CT molecular complexity index is 872. The first-order valence-electron chi connectivity index (χ1n) is 8.59. The minimum atomic E-state index is -0.252. The van der Waals surface area contributed by atoms with Crippen LogP contribution in [0.5, 0.6) is 0 Å². The topological polar surface area (TPSA) is 77.3 Å². The van der Waals surface area contributed by atoms with Crippen molar-refractivity contribution in [1.82, 2.24) is 4.57 Å². The SMILES string of the molecule is Cc1c(N2CC[C@H](N)C2)c(F)cc2cc(CN)c(=O)n(C3CC3)c12. The molecule has 1 aliphatic heterocycles. The maximum Gasteiger partial charge on any atom is 0.255 e. The van der Waals surface area contributed by atoms with Gasteiger partial charge in [0.2, 0.25) is 0 Å². The van der Waals surface area contributed by atoms with Crippen molar-refractivity contribution in [3.8, 4) is 0 Å². The Morgan fingerprint density at radius 3 is 2.62 bits per heavy atom. The molecule has 2 fully saturated rings. The Hall–Kier alpha value is -1.92. The zero-order valence-electron chi connectivity index (χ0n) is 13.9. The Labute approximate surface area is 140 Å². The number of rotatable bonds is 3. The third-order valence-electron chi connectivity index (χ3n) is 5.23. The number of anilines is 1. The molecular formula is C18H23FN4O. The second kappa shape index (κ2) is 5.57. The van der Waals surface area contributed by atoms with Gasteiger partial charge in [-0.25, -0.2) is 4.39 Å². The van der Waals surface area contributed by atoms with Gasteiger partial charge in [0.25, 0.3) is 5.56 Å². The molecule has 1 saturated carbocycles. The molecule has 2 heterocycles. The van der Waals surface area contributed by atoms with E-state index in [2.05, 4.69) is 0 Å². The van der Waals surface area contributed by atoms with Gasteiger partial charge in [0, 0.05) is 42.7 Å². The molecule has 6 heteroatoms. The van der Waals surface area contributed by atoms with Crippen molar-refractivity contribution in [2.45, 2.75) is 44.8 Å². The van der Waals surface area contributed by atoms with E-state index < -0.39 is 0 Å². The molecule has 1 aromatic heterocycles. The van der Waals surface area contributed by atoms with Crippen molar-refractivity contribution in [3.63, 3.8) is 0 Å². The van der Waals surface area contributed by atoms with Crippen molar-refractivity contribution >= 4 is 16.6 Å². The average Bonchev–Trinajstić information content (AvgIpc) is 3.29. The summed E-state index contributed by atoms with van der Waals surface area (Å²) in [6, 6.07) is 3.57. The molecule has 0 amide bonds. The zero-order valence-corrected chi connectivity index (χ0v) is 13.9. The summed E-state index contributed by atoms with van der Waals surface area (Å²) in [5.41, 5.74) is 14.5. The molecule has 0 unspecified atom stereocenters. The molecule has 1 aromatic carbocycles. The van der Waals surface area contributed by atoms with Crippen LogP contribution < -0.4 is 21.9 Å². The lowest BCUT2D eigenvalue weighted by atomic mass is 10.0. The normalized spacial score (nSPS) is 21.0. The van der Waals surface area contributed by atoms with Crippen LogP contribution in [0, 0.1) is 12.7 Å². The molecule has 2 aliphatic rings. The number of hydrogen-bond acceptors (Lipinski definition) is 4. The quantitative estimate of drug-likeness (QED) is 0.899. The molecule has 1 atom stereocenters. The molecule has 128 valence electrons. The first kappa shape index (κ1) is 15.6. The van der Waals surface area contributed by atoms with Crippen molar-refractivity contribution in [2.75, 3.05) is 18.0 Å². The Kier molecular flexibility index (Phi) is 3.62. The van der Waals surface area contributed by atoms with Crippen molar-refractivity contribution in [2.24, 2.45) is 11.5 Å². The number of aryl methyl sites for hydroxylation is 1. The molecular weight excluding hydrogens is 307 g/mol. The predicted octanol–water partition coefficient (Wildman–Crippen LogP) is 1.78. The van der Waals surface area contributed by atoms with Gasteiger partial charge in [0.05, 0.1) is 11.2 Å². The summed E-state index contributed by atoms with van der Waals surface area (Å²) >= 11 is 0. The second-order valence-corrected chi connectivity index (χ2v) is 7.04. The first-order chi connectivity index (χ1) is 11.5. The summed E-state index contributed by atoms with van der Waals surface area (Å²) in [5.74, 6) is -0.252. The number of nitrogens with two attached hydrogens (primary N) is 2. The molecule has 4 N–H and O–H groups in total. The smallest absolute Gasteiger partial charge is 0.255 e. The van der Waals surface area contributed by atoms with Crippen LogP contribution in [0.4, 0.5) is 10.1 Å². The van der Waals surface area contributed by atoms with Crippen LogP contribution in [-0.4, -0.2) is 23.7 Å². The molecule has 0 radical (unpaired) electrons. The van der Waals surface area contributed by atoms with Gasteiger partial charge >= 0.3 is 0 Å². The van der Waals surface area contributed by atoms with Crippen molar-refractivity contribution in [1.29, 1.82) is 0 Å². The summed E-state index contributed by atoms with van der Waals surface area (Å²) < 4.78 is 16.7. The number of halogens is 1. The highest BCUT2D eigenvalue weighted by Crippen LogP contribution is 2.39. The van der Waals surface area contributed by atoms with Gasteiger partial charge in [0.1, 0.15) is 5.82 Å². The second-order valence-electron chi connectivity index (χ2n) is 7.04. The van der Waals surface area contributed by atoms with E-state index in [0.717, 1.165) is 42.3 Å². The van der Waals surface area contributed by atoms with Gasteiger partial charge in [-0.05, 0) is 43.9 Å². The fraction of sp³-hybridized carbons (Fsp3) is 0.500. The minimum Gasteiger partial charge on any atom is -0.367 e. The van der Waals surface area contributed by atoms with E-state index in [-0.39, 0.29) is 30.0 Å². The summed E-state index contributed by atoms with van der Waals surface area (Å²) in [6.07, 6.45) is 2.84. The number of aromatic nitrogens is 1. The predicted molar refractivity (Wildman–Crippen MR) is 93.9 cm³/mol. The summed E-state index contributed by atoms with van der Waals surface area (Å²) in [6.45, 7) is 3.48. The van der Waals surface area contributed by atoms with E-state index >= 15 is 0 Å². The van der Waals surface area contributed by atoms with Crippen molar-refractivity contribution in [3.05, 3.63) is 39.4 Å². The van der Waals surface area contributed by atoms with Gasteiger partial charge < -0.3 is 20.9 Å². The monoisotopic (exact) mass is 330 g/mol. The maximum atomic E-state index is 14.8. The highest BCUT2D eigenvalue weighted by molar-refractivity contribution is 5.88. The fourth-order valence-corrected chi connectivity index (χ4v) is 3.92. The summed E-state index contributed by atoms with van der Waals surface area (Å²) in [5, 5.41) is 0.754. The largest absolute Gasteiger partial charge is 0.367 e. The lowest BCUT2D eigenvalue weighted by molar-refractivity contribution is 0.621. The van der Waals surface area contributed by atoms with Crippen LogP contribution in [0.1, 0.15) is 36.4 Å². The Morgan fingerprint density at radius 1 is 1.29 bits per heavy atom. The lowest BCUT2D eigenvalue weighted by Gasteiger charge is -2.24. The molecule has 24 heavy (non-hydrogen) atoms. The molecule has 0 spiro atoms. The van der Waals surface area contributed by atoms with E-state index in [9.17, 15) is 9.18 Å². The standard InChI is InChI=1S/C18H23FN4O/c1-10-16-11(6-12(8-20)18(24)23(16)14-2-3-14)7-15(19)17(10)22-5-4-13(21)9-22/h6-7,13-14H,2-5,8-9,20-21H2,1H3/t13-/m0/s1. The van der Waals surface area contributed by atoms with Crippen LogP contribution in [0.3, 0.4) is 0 Å². The van der Waals surface area contributed by atoms with Gasteiger partial charge in [-0.1, -0.05) is 0 Å². The number of pyridine rings is 1. The molecule has 1 aliphatic carbocycles. The molecule has 1 saturated heterocycles. The molecule has 2 aromatic rings. The number of fused-ring (bicyclic) bond motifs is 1. The molecule has 4 rings (SSSR count). The highest BCUT2D eigenvalue weighted by atomic mass is 19.1. The van der Waals surface area contributed by atoms with Crippen molar-refractivity contribution < 1.29 is 4.39 Å². The number of nitrogens with zero attached hydrogens (tertiary/aromatic N) is 2. The van der Waals surface area contributed by atoms with Crippen LogP contribution in [0.25, 0.3) is 10.9 Å². The van der Waals surface area contributed by atoms with Crippen LogP contribution >= 0.6 is 0 Å². The van der Waals surface area contributed by atoms with E-state index in [1.807, 2.05) is 16.4 Å². The van der Waals surface area contributed by atoms with E-state index in [4.69, 9.17) is 11.5 Å². The van der Waals surface area contributed by atoms with E-state index in [1.165, 1.54) is 0 Å². The van der Waals surface area contributed by atoms with E-state index in [1.54, 1.807) is 12.1 Å². The van der Waals surface area contributed by atoms with Crippen LogP contribution in [0.15, 0.2) is 16.9 Å². The Morgan fingerprint density at radius 2 is 2.04 bits per heavy atom. The molecule has 0 bridgehead atoms. The van der Waals surface area contributed by atoms with Gasteiger partial charge in [0.15, 0.2) is 0 Å². The first-order valence-corrected chi connectivity index (χ1v) is 8.59. The molecule has 5 nitrogen and oxygen atoms in total. The average molecular weight is 330 g/mol. The maximum absolute atomic E-state index is 14.8. The van der Waals surface area contributed by atoms with E-state index in [0.29, 0.717) is 17.8 Å². The number of benzene rings is 1. The third kappa shape index (κ3) is 2.32. The minimum absolute atomic E-state index is 0.0359. The Balaban J connectivity index is 2.00. The highest BCUT2D eigenvalue weighted by Gasteiger charge is 2.30. The van der Waals surface area contributed by atoms with Crippen LogP contribution in [0.2, 0.25) is 0 Å². The van der Waals surface area contributed by atoms with Gasteiger partial charge in [-0.15, -0.1) is 0 Å². The van der Waals surface area contributed by atoms with Gasteiger partial charge in [-0.3, -0.25) is 4.79 Å². The number of hydrogen-bond donors (Lipinski definition) is 2. The van der Waals surface area contributed by atoms with Gasteiger partial charge in [-0.2, -0.15) is 0 Å². The third-order valence-corrected chi connectivity index (χ3v) is 5.23. The zero-order chi connectivity index (χ0) is 17.0.